The molecule has 0 saturated carbocycles. The van der Waals surface area contributed by atoms with Crippen LogP contribution in [0.25, 0.3) is 10.9 Å². The minimum atomic E-state index is -4.13. The SMILES string of the molecule is COc1ccc(CNS(=O)(=O)c2cnc3cc(N4CCCc5ncccc54)ccc3c2Nc2cc(OC3CCOCC3)cc(C(=O)O)c2)cc1. The van der Waals surface area contributed by atoms with Crippen molar-refractivity contribution in [3.63, 3.8) is 0 Å². The van der Waals surface area contributed by atoms with Gasteiger partial charge in [0.15, 0.2) is 0 Å². The Morgan fingerprint density at radius 2 is 1.84 bits per heavy atom. The van der Waals surface area contributed by atoms with Crippen molar-refractivity contribution in [2.75, 3.05) is 37.1 Å². The van der Waals surface area contributed by atoms with Gasteiger partial charge in [-0.15, -0.1) is 0 Å². The normalized spacial score (nSPS) is 15.0. The fourth-order valence-corrected chi connectivity index (χ4v) is 7.45. The lowest BCUT2D eigenvalue weighted by Gasteiger charge is -2.30. The van der Waals surface area contributed by atoms with Crippen molar-refractivity contribution in [2.24, 2.45) is 0 Å². The van der Waals surface area contributed by atoms with Crippen molar-refractivity contribution in [3.8, 4) is 11.5 Å². The number of aromatic carboxylic acids is 1. The largest absolute Gasteiger partial charge is 0.497 e. The second-order valence-electron chi connectivity index (χ2n) is 12.2. The third-order valence-corrected chi connectivity index (χ3v) is 10.3. The molecule has 2 aromatic heterocycles. The molecule has 5 aromatic rings. The highest BCUT2D eigenvalue weighted by Gasteiger charge is 2.25. The number of rotatable bonds is 11. The first kappa shape index (κ1) is 33.3. The Bertz CT molecular complexity index is 2140. The maximum atomic E-state index is 14.0. The minimum absolute atomic E-state index is 0.00267. The monoisotopic (exact) mass is 695 g/mol. The summed E-state index contributed by atoms with van der Waals surface area (Å²) >= 11 is 0. The van der Waals surface area contributed by atoms with Gasteiger partial charge in [0, 0.05) is 61.2 Å². The van der Waals surface area contributed by atoms with Crippen molar-refractivity contribution in [1.29, 1.82) is 0 Å². The van der Waals surface area contributed by atoms with Crippen LogP contribution in [0.5, 0.6) is 11.5 Å². The number of nitrogens with one attached hydrogen (secondary N) is 2. The zero-order valence-corrected chi connectivity index (χ0v) is 28.3. The lowest BCUT2D eigenvalue weighted by Crippen LogP contribution is -2.26. The van der Waals surface area contributed by atoms with Gasteiger partial charge >= 0.3 is 5.97 Å². The molecule has 0 spiro atoms. The molecule has 0 bridgehead atoms. The summed E-state index contributed by atoms with van der Waals surface area (Å²) in [6, 6.07) is 21.4. The predicted molar refractivity (Wildman–Crippen MR) is 189 cm³/mol. The fourth-order valence-electron chi connectivity index (χ4n) is 6.32. The fraction of sp³-hybridized carbons (Fsp3) is 0.270. The van der Waals surface area contributed by atoms with Gasteiger partial charge in [0.1, 0.15) is 22.5 Å². The number of benzene rings is 3. The zero-order chi connectivity index (χ0) is 34.7. The van der Waals surface area contributed by atoms with E-state index in [0.29, 0.717) is 54.1 Å². The number of nitrogens with zero attached hydrogens (tertiary/aromatic N) is 3. The number of hydrogen-bond acceptors (Lipinski definition) is 10. The average molecular weight is 696 g/mol. The third-order valence-electron chi connectivity index (χ3n) is 8.89. The number of ether oxygens (including phenoxy) is 3. The van der Waals surface area contributed by atoms with Crippen LogP contribution in [0, 0.1) is 0 Å². The van der Waals surface area contributed by atoms with E-state index in [-0.39, 0.29) is 28.8 Å². The zero-order valence-electron chi connectivity index (χ0n) is 27.5. The van der Waals surface area contributed by atoms with Crippen LogP contribution in [0.3, 0.4) is 0 Å². The quantitative estimate of drug-likeness (QED) is 0.145. The molecule has 0 unspecified atom stereocenters. The highest BCUT2D eigenvalue weighted by Crippen LogP contribution is 2.38. The van der Waals surface area contributed by atoms with Crippen molar-refractivity contribution in [3.05, 3.63) is 102 Å². The number of anilines is 4. The van der Waals surface area contributed by atoms with E-state index in [4.69, 9.17) is 14.2 Å². The van der Waals surface area contributed by atoms with Gasteiger partial charge in [0.05, 0.1) is 48.5 Å². The van der Waals surface area contributed by atoms with Crippen molar-refractivity contribution in [2.45, 2.75) is 43.2 Å². The van der Waals surface area contributed by atoms with E-state index in [0.717, 1.165) is 42.0 Å². The Balaban J connectivity index is 1.29. The van der Waals surface area contributed by atoms with Crippen molar-refractivity contribution >= 4 is 49.6 Å². The molecule has 4 heterocycles. The van der Waals surface area contributed by atoms with Crippen LogP contribution in [0.15, 0.2) is 90.1 Å². The predicted octanol–water partition coefficient (Wildman–Crippen LogP) is 6.20. The van der Waals surface area contributed by atoms with E-state index in [1.807, 2.05) is 30.3 Å². The number of pyridine rings is 2. The molecule has 3 aromatic carbocycles. The molecule has 0 amide bonds. The molecule has 3 N–H and O–H groups in total. The van der Waals surface area contributed by atoms with Gasteiger partial charge in [0.2, 0.25) is 10.0 Å². The molecule has 2 aliphatic heterocycles. The summed E-state index contributed by atoms with van der Waals surface area (Å²) in [6.45, 7) is 1.95. The average Bonchev–Trinajstić information content (AvgIpc) is 3.14. The summed E-state index contributed by atoms with van der Waals surface area (Å²) in [5.41, 5.74) is 4.85. The lowest BCUT2D eigenvalue weighted by atomic mass is 10.1. The van der Waals surface area contributed by atoms with E-state index in [1.165, 1.54) is 18.3 Å². The molecule has 7 rings (SSSR count). The van der Waals surface area contributed by atoms with Crippen LogP contribution in [-0.2, 0) is 27.7 Å². The van der Waals surface area contributed by atoms with Crippen LogP contribution in [0.1, 0.15) is 40.9 Å². The van der Waals surface area contributed by atoms with Gasteiger partial charge in [0.25, 0.3) is 0 Å². The molecule has 12 nitrogen and oxygen atoms in total. The molecule has 258 valence electrons. The molecule has 13 heteroatoms. The standard InChI is InChI=1S/C37H37N5O7S/c1-47-28-9-6-24(7-10-28)22-40-50(45,46)35-23-39-33-21-27(42-15-3-4-32-34(42)5-2-14-38-32)8-11-31(33)36(35)41-26-18-25(37(43)44)19-30(20-26)49-29-12-16-48-17-13-29/h2,5-11,14,18-21,23,29,40H,3-4,12-13,15-17,22H2,1H3,(H,39,41)(H,43,44). The number of carboxylic acid groups (broad SMARTS) is 1. The summed E-state index contributed by atoms with van der Waals surface area (Å²) in [6.07, 6.45) is 6.19. The van der Waals surface area contributed by atoms with E-state index in [9.17, 15) is 18.3 Å². The lowest BCUT2D eigenvalue weighted by molar-refractivity contribution is 0.0255. The Morgan fingerprint density at radius 1 is 1.02 bits per heavy atom. The number of sulfonamides is 1. The van der Waals surface area contributed by atoms with Crippen molar-refractivity contribution in [1.82, 2.24) is 14.7 Å². The summed E-state index contributed by atoms with van der Waals surface area (Å²) in [4.78, 5) is 23.5. The Hall–Kier alpha value is -5.24. The van der Waals surface area contributed by atoms with E-state index in [1.54, 1.807) is 43.6 Å². The molecule has 1 fully saturated rings. The first-order chi connectivity index (χ1) is 24.3. The van der Waals surface area contributed by atoms with Gasteiger partial charge in [-0.2, -0.15) is 0 Å². The topological polar surface area (TPSA) is 152 Å². The Morgan fingerprint density at radius 3 is 2.62 bits per heavy atom. The van der Waals surface area contributed by atoms with Crippen LogP contribution in [0.4, 0.5) is 22.7 Å². The molecule has 1 saturated heterocycles. The summed E-state index contributed by atoms with van der Waals surface area (Å²) in [7, 11) is -2.57. The highest BCUT2D eigenvalue weighted by atomic mass is 32.2. The third kappa shape index (κ3) is 7.20. The minimum Gasteiger partial charge on any atom is -0.497 e. The molecule has 0 aliphatic carbocycles. The summed E-state index contributed by atoms with van der Waals surface area (Å²) in [5, 5.41) is 13.8. The second kappa shape index (κ2) is 14.3. The van der Waals surface area contributed by atoms with Crippen LogP contribution in [0.2, 0.25) is 0 Å². The summed E-state index contributed by atoms with van der Waals surface area (Å²) < 4.78 is 47.5. The van der Waals surface area contributed by atoms with E-state index < -0.39 is 16.0 Å². The van der Waals surface area contributed by atoms with Crippen LogP contribution in [-0.4, -0.2) is 62.4 Å². The van der Waals surface area contributed by atoms with Crippen LogP contribution < -0.4 is 24.4 Å². The Labute approximate surface area is 290 Å². The van der Waals surface area contributed by atoms with Crippen LogP contribution >= 0.6 is 0 Å². The van der Waals surface area contributed by atoms with Gasteiger partial charge in [-0.25, -0.2) is 17.9 Å². The molecular formula is C37H37N5O7S. The van der Waals surface area contributed by atoms with Gasteiger partial charge in [-0.05, 0) is 73.0 Å². The van der Waals surface area contributed by atoms with E-state index in [2.05, 4.69) is 24.9 Å². The number of fused-ring (bicyclic) bond motifs is 2. The molecule has 0 atom stereocenters. The maximum absolute atomic E-state index is 14.0. The molecular weight excluding hydrogens is 659 g/mol. The number of carbonyl (C=O) groups is 1. The first-order valence-electron chi connectivity index (χ1n) is 16.4. The van der Waals surface area contributed by atoms with Gasteiger partial charge in [-0.3, -0.25) is 9.97 Å². The second-order valence-corrected chi connectivity index (χ2v) is 13.9. The number of aromatic nitrogens is 2. The van der Waals surface area contributed by atoms with Crippen molar-refractivity contribution < 1.29 is 32.5 Å². The molecule has 2 aliphatic rings. The molecule has 50 heavy (non-hydrogen) atoms. The smallest absolute Gasteiger partial charge is 0.335 e. The molecule has 0 radical (unpaired) electrons. The first-order valence-corrected chi connectivity index (χ1v) is 17.9. The Kier molecular flexibility index (Phi) is 9.52. The summed E-state index contributed by atoms with van der Waals surface area (Å²) in [5.74, 6) is -0.117. The number of aryl methyl sites for hydroxylation is 1. The van der Waals surface area contributed by atoms with Gasteiger partial charge in [-0.1, -0.05) is 12.1 Å². The van der Waals surface area contributed by atoms with Gasteiger partial charge < -0.3 is 29.5 Å². The number of hydrogen-bond donors (Lipinski definition) is 3. The maximum Gasteiger partial charge on any atom is 0.335 e. The number of carboxylic acids is 1. The number of methoxy groups -OCH3 is 1. The van der Waals surface area contributed by atoms with E-state index >= 15 is 0 Å². The highest BCUT2D eigenvalue weighted by molar-refractivity contribution is 7.89.